The lowest BCUT2D eigenvalue weighted by Gasteiger charge is -2.06. The number of sulfonamides is 1. The molecular weight excluding hydrogens is 376 g/mol. The zero-order valence-corrected chi connectivity index (χ0v) is 14.8. The molecule has 3 rings (SSSR count). The summed E-state index contributed by atoms with van der Waals surface area (Å²) in [4.78, 5) is 31.6. The lowest BCUT2D eigenvalue weighted by atomic mass is 10.3. The molecule has 0 fully saturated rings. The van der Waals surface area contributed by atoms with E-state index in [-0.39, 0.29) is 22.2 Å². The summed E-state index contributed by atoms with van der Waals surface area (Å²) in [6, 6.07) is 7.05. The summed E-state index contributed by atoms with van der Waals surface area (Å²) in [6.07, 6.45) is 1.53. The molecule has 1 aromatic carbocycles. The Labute approximate surface area is 153 Å². The number of aryl methyl sites for hydroxylation is 1. The van der Waals surface area contributed by atoms with Gasteiger partial charge in [-0.1, -0.05) is 6.07 Å². The van der Waals surface area contributed by atoms with Gasteiger partial charge in [0, 0.05) is 17.6 Å². The average molecular weight is 390 g/mol. The molecule has 1 amide bonds. The van der Waals surface area contributed by atoms with Crippen molar-refractivity contribution in [2.75, 3.05) is 11.9 Å². The maximum Gasteiger partial charge on any atom is 0.378 e. The van der Waals surface area contributed by atoms with Crippen LogP contribution in [0.5, 0.6) is 0 Å². The normalized spacial score (nSPS) is 11.3. The first-order valence-corrected chi connectivity index (χ1v) is 9.07. The van der Waals surface area contributed by atoms with E-state index in [2.05, 4.69) is 20.4 Å². The molecule has 12 heteroatoms. The zero-order chi connectivity index (χ0) is 19.6. The first-order valence-electron chi connectivity index (χ1n) is 7.52. The predicted molar refractivity (Wildman–Crippen MR) is 92.2 cm³/mol. The SMILES string of the molecule is Cc1ccnc2nc(C(=O)OCC(=O)Nc3cccc(S(N)(=O)=O)c3)nn12. The molecule has 0 unspecified atom stereocenters. The second-order valence-corrected chi connectivity index (χ2v) is 6.99. The van der Waals surface area contributed by atoms with Gasteiger partial charge in [-0.15, -0.1) is 5.10 Å². The number of aromatic nitrogens is 4. The van der Waals surface area contributed by atoms with Crippen molar-refractivity contribution in [2.45, 2.75) is 11.8 Å². The molecule has 11 nitrogen and oxygen atoms in total. The number of esters is 1. The number of hydrogen-bond donors (Lipinski definition) is 2. The molecule has 3 N–H and O–H groups in total. The van der Waals surface area contributed by atoms with Gasteiger partial charge in [0.05, 0.1) is 4.90 Å². The smallest absolute Gasteiger partial charge is 0.378 e. The minimum atomic E-state index is -3.90. The van der Waals surface area contributed by atoms with E-state index >= 15 is 0 Å². The van der Waals surface area contributed by atoms with Crippen LogP contribution >= 0.6 is 0 Å². The number of primary sulfonamides is 1. The highest BCUT2D eigenvalue weighted by Gasteiger charge is 2.17. The standard InChI is InChI=1S/C15H14N6O5S/c1-9-5-6-17-15-19-13(20-21(9)15)14(23)26-8-12(22)18-10-3-2-4-11(7-10)27(16,24)25/h2-7H,8H2,1H3,(H,18,22)(H2,16,24,25). The quantitative estimate of drug-likeness (QED) is 0.570. The molecule has 0 saturated heterocycles. The molecule has 0 aliphatic rings. The minimum Gasteiger partial charge on any atom is -0.450 e. The van der Waals surface area contributed by atoms with E-state index in [9.17, 15) is 18.0 Å². The van der Waals surface area contributed by atoms with Gasteiger partial charge in [-0.3, -0.25) is 4.79 Å². The van der Waals surface area contributed by atoms with E-state index < -0.39 is 28.5 Å². The molecule has 0 spiro atoms. The summed E-state index contributed by atoms with van der Waals surface area (Å²) in [7, 11) is -3.90. The molecule has 140 valence electrons. The topological polar surface area (TPSA) is 159 Å². The molecule has 0 bridgehead atoms. The fourth-order valence-electron chi connectivity index (χ4n) is 2.14. The number of hydrogen-bond acceptors (Lipinski definition) is 8. The van der Waals surface area contributed by atoms with Crippen LogP contribution < -0.4 is 10.5 Å². The third-order valence-corrected chi connectivity index (χ3v) is 4.30. The fraction of sp³-hybridized carbons (Fsp3) is 0.133. The van der Waals surface area contributed by atoms with Crippen molar-refractivity contribution in [1.82, 2.24) is 19.6 Å². The summed E-state index contributed by atoms with van der Waals surface area (Å²) in [6.45, 7) is 1.15. The van der Waals surface area contributed by atoms with Crippen molar-refractivity contribution >= 4 is 33.4 Å². The largest absolute Gasteiger partial charge is 0.450 e. The second kappa shape index (κ2) is 7.09. The predicted octanol–water partition coefficient (Wildman–Crippen LogP) is -0.124. The van der Waals surface area contributed by atoms with Gasteiger partial charge in [0.2, 0.25) is 10.0 Å². The number of rotatable bonds is 5. The Morgan fingerprint density at radius 1 is 1.30 bits per heavy atom. The lowest BCUT2D eigenvalue weighted by Crippen LogP contribution is -2.21. The van der Waals surface area contributed by atoms with Crippen LogP contribution in [-0.4, -0.2) is 46.5 Å². The molecule has 2 aromatic heterocycles. The van der Waals surface area contributed by atoms with Gasteiger partial charge in [-0.05, 0) is 31.2 Å². The van der Waals surface area contributed by atoms with E-state index in [4.69, 9.17) is 9.88 Å². The van der Waals surface area contributed by atoms with Gasteiger partial charge < -0.3 is 10.1 Å². The molecule has 2 heterocycles. The van der Waals surface area contributed by atoms with Gasteiger partial charge in [0.1, 0.15) is 0 Å². The molecule has 0 radical (unpaired) electrons. The Bertz CT molecular complexity index is 1140. The molecule has 0 atom stereocenters. The molecular formula is C15H14N6O5S. The Morgan fingerprint density at radius 3 is 2.78 bits per heavy atom. The van der Waals surface area contributed by atoms with E-state index in [0.717, 1.165) is 5.69 Å². The first kappa shape index (κ1) is 18.4. The molecule has 27 heavy (non-hydrogen) atoms. The minimum absolute atomic E-state index is 0.158. The van der Waals surface area contributed by atoms with Gasteiger partial charge in [-0.2, -0.15) is 4.98 Å². The Kier molecular flexibility index (Phi) is 4.83. The highest BCUT2D eigenvalue weighted by atomic mass is 32.2. The van der Waals surface area contributed by atoms with Crippen molar-refractivity contribution in [3.05, 3.63) is 48.0 Å². The van der Waals surface area contributed by atoms with Crippen LogP contribution in [0.1, 0.15) is 16.3 Å². The number of benzene rings is 1. The van der Waals surface area contributed by atoms with Crippen LogP contribution in [0.2, 0.25) is 0 Å². The number of nitrogens with one attached hydrogen (secondary N) is 1. The summed E-state index contributed by atoms with van der Waals surface area (Å²) in [5.74, 6) is -1.58. The third kappa shape index (κ3) is 4.24. The van der Waals surface area contributed by atoms with E-state index in [1.165, 1.54) is 35.0 Å². The van der Waals surface area contributed by atoms with E-state index in [1.54, 1.807) is 13.0 Å². The number of amides is 1. The van der Waals surface area contributed by atoms with Crippen molar-refractivity contribution < 1.29 is 22.7 Å². The number of anilines is 1. The van der Waals surface area contributed by atoms with Gasteiger partial charge in [-0.25, -0.2) is 27.9 Å². The van der Waals surface area contributed by atoms with Crippen molar-refractivity contribution in [3.63, 3.8) is 0 Å². The van der Waals surface area contributed by atoms with Gasteiger partial charge in [0.25, 0.3) is 17.5 Å². The number of nitrogens with zero attached hydrogens (tertiary/aromatic N) is 4. The van der Waals surface area contributed by atoms with Crippen LogP contribution in [-0.2, 0) is 19.6 Å². The molecule has 0 saturated carbocycles. The van der Waals surface area contributed by atoms with Crippen molar-refractivity contribution in [2.24, 2.45) is 5.14 Å². The summed E-state index contributed by atoms with van der Waals surface area (Å²) >= 11 is 0. The van der Waals surface area contributed by atoms with Gasteiger partial charge >= 0.3 is 5.97 Å². The molecule has 0 aliphatic heterocycles. The molecule has 3 aromatic rings. The van der Waals surface area contributed by atoms with E-state index in [1.807, 2.05) is 0 Å². The zero-order valence-electron chi connectivity index (χ0n) is 14.0. The number of ether oxygens (including phenoxy) is 1. The maximum absolute atomic E-state index is 12.0. The number of carbonyl (C=O) groups is 2. The Hall–Kier alpha value is -3.38. The van der Waals surface area contributed by atoms with Crippen molar-refractivity contribution in [1.29, 1.82) is 0 Å². The lowest BCUT2D eigenvalue weighted by molar-refractivity contribution is -0.119. The Balaban J connectivity index is 1.63. The van der Waals surface area contributed by atoms with Crippen LogP contribution in [0.25, 0.3) is 5.78 Å². The maximum atomic E-state index is 12.0. The summed E-state index contributed by atoms with van der Waals surface area (Å²) in [5.41, 5.74) is 0.910. The highest BCUT2D eigenvalue weighted by Crippen LogP contribution is 2.14. The number of carbonyl (C=O) groups excluding carboxylic acids is 2. The summed E-state index contributed by atoms with van der Waals surface area (Å²) in [5, 5.41) is 11.4. The second-order valence-electron chi connectivity index (χ2n) is 5.43. The van der Waals surface area contributed by atoms with Crippen molar-refractivity contribution in [3.8, 4) is 0 Å². The fourth-order valence-corrected chi connectivity index (χ4v) is 2.70. The van der Waals surface area contributed by atoms with Crippen LogP contribution in [0.4, 0.5) is 5.69 Å². The van der Waals surface area contributed by atoms with Gasteiger partial charge in [0.15, 0.2) is 6.61 Å². The van der Waals surface area contributed by atoms with E-state index in [0.29, 0.717) is 0 Å². The monoisotopic (exact) mass is 390 g/mol. The third-order valence-electron chi connectivity index (χ3n) is 3.39. The van der Waals surface area contributed by atoms with Crippen LogP contribution in [0, 0.1) is 6.92 Å². The molecule has 0 aliphatic carbocycles. The number of fused-ring (bicyclic) bond motifs is 1. The number of nitrogens with two attached hydrogens (primary N) is 1. The highest BCUT2D eigenvalue weighted by molar-refractivity contribution is 7.89. The summed E-state index contributed by atoms with van der Waals surface area (Å²) < 4.78 is 28.9. The van der Waals surface area contributed by atoms with Crippen LogP contribution in [0.3, 0.4) is 0 Å². The Morgan fingerprint density at radius 2 is 2.07 bits per heavy atom. The average Bonchev–Trinajstić information content (AvgIpc) is 3.05. The first-order chi connectivity index (χ1) is 12.7. The van der Waals surface area contributed by atoms with Crippen LogP contribution in [0.15, 0.2) is 41.4 Å².